The van der Waals surface area contributed by atoms with Crippen molar-refractivity contribution in [3.8, 4) is 5.75 Å². The summed E-state index contributed by atoms with van der Waals surface area (Å²) in [5, 5.41) is 5.38. The van der Waals surface area contributed by atoms with Gasteiger partial charge in [0.15, 0.2) is 11.7 Å². The van der Waals surface area contributed by atoms with Gasteiger partial charge in [0.1, 0.15) is 11.6 Å². The number of hydrogen-bond acceptors (Lipinski definition) is 6. The Morgan fingerprint density at radius 3 is 2.69 bits per heavy atom. The molecule has 166 valence electrons. The minimum absolute atomic E-state index is 0.0832. The lowest BCUT2D eigenvalue weighted by atomic mass is 10.1. The van der Waals surface area contributed by atoms with E-state index in [1.165, 1.54) is 12.1 Å². The number of halogens is 1. The zero-order valence-corrected chi connectivity index (χ0v) is 18.2. The van der Waals surface area contributed by atoms with Crippen LogP contribution in [0.1, 0.15) is 16.8 Å². The molecule has 1 aromatic heterocycles. The van der Waals surface area contributed by atoms with E-state index in [9.17, 15) is 14.0 Å². The largest absolute Gasteiger partial charge is 0.483 e. The number of nitrogens with zero attached hydrogens (tertiary/aromatic N) is 3. The quantitative estimate of drug-likeness (QED) is 0.615. The van der Waals surface area contributed by atoms with Gasteiger partial charge >= 0.3 is 0 Å². The van der Waals surface area contributed by atoms with Crippen molar-refractivity contribution in [2.45, 2.75) is 6.42 Å². The number of carbonyl (C=O) groups is 2. The molecule has 2 aromatic carbocycles. The van der Waals surface area contributed by atoms with Crippen molar-refractivity contribution in [2.24, 2.45) is 0 Å². The summed E-state index contributed by atoms with van der Waals surface area (Å²) in [6.07, 6.45) is 2.61. The first-order chi connectivity index (χ1) is 15.6. The first kappa shape index (κ1) is 21.8. The Morgan fingerprint density at radius 1 is 1.06 bits per heavy atom. The van der Waals surface area contributed by atoms with Crippen LogP contribution in [0.25, 0.3) is 0 Å². The number of aromatic nitrogens is 1. The zero-order valence-electron chi connectivity index (χ0n) is 17.4. The van der Waals surface area contributed by atoms with Gasteiger partial charge in [-0.05, 0) is 30.7 Å². The smallest absolute Gasteiger partial charge is 0.262 e. The molecule has 3 aromatic rings. The summed E-state index contributed by atoms with van der Waals surface area (Å²) in [6.45, 7) is 2.40. The van der Waals surface area contributed by atoms with Crippen molar-refractivity contribution in [2.75, 3.05) is 43.0 Å². The van der Waals surface area contributed by atoms with Crippen LogP contribution in [-0.4, -0.2) is 54.5 Å². The molecule has 1 fully saturated rings. The van der Waals surface area contributed by atoms with Crippen molar-refractivity contribution in [3.63, 3.8) is 0 Å². The van der Waals surface area contributed by atoms with Gasteiger partial charge in [0.2, 0.25) is 0 Å². The van der Waals surface area contributed by atoms with Crippen molar-refractivity contribution in [1.29, 1.82) is 0 Å². The molecule has 1 aliphatic heterocycles. The fourth-order valence-electron chi connectivity index (χ4n) is 3.52. The Balaban J connectivity index is 1.38. The Hall–Kier alpha value is -3.46. The third kappa shape index (κ3) is 5.23. The molecule has 32 heavy (non-hydrogen) atoms. The van der Waals surface area contributed by atoms with Gasteiger partial charge in [0.05, 0.1) is 11.3 Å². The first-order valence-electron chi connectivity index (χ1n) is 10.3. The van der Waals surface area contributed by atoms with E-state index in [2.05, 4.69) is 15.2 Å². The average molecular weight is 455 g/mol. The Bertz CT molecular complexity index is 1080. The number of rotatable bonds is 6. The van der Waals surface area contributed by atoms with Crippen LogP contribution in [0.5, 0.6) is 5.75 Å². The summed E-state index contributed by atoms with van der Waals surface area (Å²) in [6, 6.07) is 12.8. The molecular formula is C23H23FN4O3S. The minimum Gasteiger partial charge on any atom is -0.483 e. The molecule has 0 saturated carbocycles. The third-order valence-corrected chi connectivity index (χ3v) is 5.93. The monoisotopic (exact) mass is 454 g/mol. The molecule has 1 N–H and O–H groups in total. The number of hydrogen-bond donors (Lipinski definition) is 1. The fraction of sp³-hybridized carbons (Fsp3) is 0.261. The molecule has 0 unspecified atom stereocenters. The highest BCUT2D eigenvalue weighted by molar-refractivity contribution is 7.13. The van der Waals surface area contributed by atoms with Crippen molar-refractivity contribution < 1.29 is 18.7 Å². The van der Waals surface area contributed by atoms with Gasteiger partial charge in [-0.15, -0.1) is 11.3 Å². The number of nitrogens with one attached hydrogen (secondary N) is 1. The number of anilines is 2. The molecule has 0 aliphatic carbocycles. The van der Waals surface area contributed by atoms with Gasteiger partial charge in [-0.25, -0.2) is 9.37 Å². The summed E-state index contributed by atoms with van der Waals surface area (Å²) in [5.41, 5.74) is 0.480. The van der Waals surface area contributed by atoms with Gasteiger partial charge in [-0.2, -0.15) is 0 Å². The lowest BCUT2D eigenvalue weighted by molar-refractivity contribution is -0.118. The molecule has 7 nitrogen and oxygen atoms in total. The van der Waals surface area contributed by atoms with Gasteiger partial charge < -0.3 is 19.9 Å². The SMILES string of the molecule is O=C(COc1ccccc1C(=O)N1CCCN(c2nccs2)CC1)Nc1ccccc1F. The van der Waals surface area contributed by atoms with Crippen molar-refractivity contribution in [3.05, 3.63) is 71.5 Å². The molecular weight excluding hydrogens is 431 g/mol. The molecule has 4 rings (SSSR count). The summed E-state index contributed by atoms with van der Waals surface area (Å²) < 4.78 is 19.4. The van der Waals surface area contributed by atoms with E-state index in [1.54, 1.807) is 58.8 Å². The number of carbonyl (C=O) groups excluding carboxylic acids is 2. The van der Waals surface area contributed by atoms with Crippen LogP contribution in [0.15, 0.2) is 60.1 Å². The summed E-state index contributed by atoms with van der Waals surface area (Å²) in [5.74, 6) is -0.853. The molecule has 9 heteroatoms. The number of benzene rings is 2. The van der Waals surface area contributed by atoms with Crippen LogP contribution in [0.3, 0.4) is 0 Å². The van der Waals surface area contributed by atoms with Crippen molar-refractivity contribution >= 4 is 34.0 Å². The fourth-order valence-corrected chi connectivity index (χ4v) is 4.21. The number of thiazole rings is 1. The number of para-hydroxylation sites is 2. The molecule has 1 saturated heterocycles. The molecule has 0 spiro atoms. The second-order valence-corrected chi connectivity index (χ2v) is 8.13. The predicted molar refractivity (Wildman–Crippen MR) is 122 cm³/mol. The Labute approximate surface area is 189 Å². The van der Waals surface area contributed by atoms with E-state index >= 15 is 0 Å². The highest BCUT2D eigenvalue weighted by atomic mass is 32.1. The van der Waals surface area contributed by atoms with Gasteiger partial charge in [-0.1, -0.05) is 24.3 Å². The van der Waals surface area contributed by atoms with Gasteiger partial charge in [0, 0.05) is 37.8 Å². The molecule has 0 radical (unpaired) electrons. The van der Waals surface area contributed by atoms with Crippen LogP contribution < -0.4 is 15.0 Å². The summed E-state index contributed by atoms with van der Waals surface area (Å²) >= 11 is 1.59. The first-order valence-corrected chi connectivity index (χ1v) is 11.2. The Kier molecular flexibility index (Phi) is 6.96. The average Bonchev–Trinajstić information content (AvgIpc) is 3.24. The topological polar surface area (TPSA) is 74.8 Å². The Morgan fingerprint density at radius 2 is 1.88 bits per heavy atom. The van der Waals surface area contributed by atoms with Crippen LogP contribution in [0, 0.1) is 5.82 Å². The third-order valence-electron chi connectivity index (χ3n) is 5.10. The van der Waals surface area contributed by atoms with Crippen LogP contribution >= 0.6 is 11.3 Å². The van der Waals surface area contributed by atoms with Crippen LogP contribution in [0.4, 0.5) is 15.2 Å². The van der Waals surface area contributed by atoms with Gasteiger partial charge in [0.25, 0.3) is 11.8 Å². The maximum Gasteiger partial charge on any atom is 0.262 e. The van der Waals surface area contributed by atoms with E-state index < -0.39 is 11.7 Å². The van der Waals surface area contributed by atoms with E-state index in [0.29, 0.717) is 30.9 Å². The zero-order chi connectivity index (χ0) is 22.3. The minimum atomic E-state index is -0.524. The highest BCUT2D eigenvalue weighted by Gasteiger charge is 2.23. The van der Waals surface area contributed by atoms with Crippen molar-refractivity contribution in [1.82, 2.24) is 9.88 Å². The van der Waals surface area contributed by atoms with Crippen LogP contribution in [0.2, 0.25) is 0 Å². The number of ether oxygens (including phenoxy) is 1. The summed E-state index contributed by atoms with van der Waals surface area (Å²) in [7, 11) is 0. The molecule has 0 atom stereocenters. The van der Waals surface area contributed by atoms with E-state index in [0.717, 1.165) is 18.1 Å². The highest BCUT2D eigenvalue weighted by Crippen LogP contribution is 2.23. The summed E-state index contributed by atoms with van der Waals surface area (Å²) in [4.78, 5) is 33.8. The maximum atomic E-state index is 13.7. The molecule has 2 heterocycles. The van der Waals surface area contributed by atoms with E-state index in [1.807, 2.05) is 5.38 Å². The standard InChI is InChI=1S/C23H23FN4O3S/c24-18-7-2-3-8-19(18)26-21(29)16-31-20-9-4-1-6-17(20)22(30)27-11-5-12-28(14-13-27)23-25-10-15-32-23/h1-4,6-10,15H,5,11-14,16H2,(H,26,29). The van der Waals surface area contributed by atoms with E-state index in [4.69, 9.17) is 4.74 Å². The molecule has 0 bridgehead atoms. The molecule has 2 amide bonds. The lowest BCUT2D eigenvalue weighted by Crippen LogP contribution is -2.35. The maximum absolute atomic E-state index is 13.7. The van der Waals surface area contributed by atoms with Crippen LogP contribution in [-0.2, 0) is 4.79 Å². The number of amides is 2. The lowest BCUT2D eigenvalue weighted by Gasteiger charge is -2.22. The normalized spacial score (nSPS) is 14.0. The van der Waals surface area contributed by atoms with Gasteiger partial charge in [-0.3, -0.25) is 9.59 Å². The van der Waals surface area contributed by atoms with E-state index in [-0.39, 0.29) is 18.2 Å². The second-order valence-electron chi connectivity index (χ2n) is 7.26. The second kappa shape index (κ2) is 10.2. The predicted octanol–water partition coefficient (Wildman–Crippen LogP) is 3.65. The molecule has 1 aliphatic rings.